The van der Waals surface area contributed by atoms with Gasteiger partial charge < -0.3 is 10.0 Å². The van der Waals surface area contributed by atoms with E-state index in [4.69, 9.17) is 5.11 Å². The standard InChI is InChI=1S/C14H15F4NO2/c1-19(7-8-4-10(20)5-8)13(21)11-6-9(14(16,17)18)2-3-12(11)15/h2-3,6,8,10,20H,4-5,7H2,1H3. The summed E-state index contributed by atoms with van der Waals surface area (Å²) in [6.45, 7) is 0.283. The molecule has 1 saturated carbocycles. The summed E-state index contributed by atoms with van der Waals surface area (Å²) in [5, 5.41) is 9.17. The Morgan fingerprint density at radius 3 is 2.52 bits per heavy atom. The molecule has 1 fully saturated rings. The van der Waals surface area contributed by atoms with Crippen LogP contribution in [0.2, 0.25) is 0 Å². The predicted octanol–water partition coefficient (Wildman–Crippen LogP) is 2.69. The van der Waals surface area contributed by atoms with Crippen molar-refractivity contribution in [2.45, 2.75) is 25.1 Å². The summed E-state index contributed by atoms with van der Waals surface area (Å²) in [7, 11) is 1.41. The molecule has 7 heteroatoms. The van der Waals surface area contributed by atoms with E-state index in [-0.39, 0.29) is 18.6 Å². The third-order valence-corrected chi connectivity index (χ3v) is 3.61. The number of aliphatic hydroxyl groups is 1. The first-order chi connectivity index (χ1) is 9.68. The molecule has 0 unspecified atom stereocenters. The number of carbonyl (C=O) groups is 1. The van der Waals surface area contributed by atoms with Gasteiger partial charge in [-0.3, -0.25) is 4.79 Å². The summed E-state index contributed by atoms with van der Waals surface area (Å²) in [6.07, 6.45) is -3.92. The number of benzene rings is 1. The number of hydrogen-bond acceptors (Lipinski definition) is 2. The topological polar surface area (TPSA) is 40.5 Å². The van der Waals surface area contributed by atoms with Gasteiger partial charge >= 0.3 is 6.18 Å². The molecular formula is C14H15F4NO2. The van der Waals surface area contributed by atoms with Crippen molar-refractivity contribution in [3.63, 3.8) is 0 Å². The molecule has 1 aromatic carbocycles. The fourth-order valence-electron chi connectivity index (χ4n) is 2.39. The highest BCUT2D eigenvalue weighted by molar-refractivity contribution is 5.94. The number of halogens is 4. The van der Waals surface area contributed by atoms with Gasteiger partial charge in [0.2, 0.25) is 0 Å². The van der Waals surface area contributed by atoms with Crippen molar-refractivity contribution in [2.24, 2.45) is 5.92 Å². The van der Waals surface area contributed by atoms with Crippen molar-refractivity contribution < 1.29 is 27.5 Å². The molecule has 0 atom stereocenters. The van der Waals surface area contributed by atoms with E-state index in [0.29, 0.717) is 31.0 Å². The van der Waals surface area contributed by atoms with Gasteiger partial charge in [0, 0.05) is 13.6 Å². The Kier molecular flexibility index (Phi) is 4.22. The first kappa shape index (κ1) is 15.8. The van der Waals surface area contributed by atoms with Gasteiger partial charge in [0.25, 0.3) is 5.91 Å². The molecule has 3 nitrogen and oxygen atoms in total. The largest absolute Gasteiger partial charge is 0.416 e. The van der Waals surface area contributed by atoms with Crippen LogP contribution < -0.4 is 0 Å². The van der Waals surface area contributed by atoms with Gasteiger partial charge in [-0.15, -0.1) is 0 Å². The molecule has 1 aliphatic carbocycles. The zero-order valence-corrected chi connectivity index (χ0v) is 11.3. The van der Waals surface area contributed by atoms with Gasteiger partial charge in [0.15, 0.2) is 0 Å². The average Bonchev–Trinajstić information content (AvgIpc) is 2.35. The first-order valence-electron chi connectivity index (χ1n) is 6.48. The number of rotatable bonds is 3. The van der Waals surface area contributed by atoms with Crippen LogP contribution in [0.5, 0.6) is 0 Å². The highest BCUT2D eigenvalue weighted by Gasteiger charge is 2.33. The molecule has 0 saturated heterocycles. The summed E-state index contributed by atoms with van der Waals surface area (Å²) in [4.78, 5) is 13.2. The lowest BCUT2D eigenvalue weighted by Gasteiger charge is -2.34. The van der Waals surface area contributed by atoms with Gasteiger partial charge in [-0.2, -0.15) is 13.2 Å². The Balaban J connectivity index is 2.14. The van der Waals surface area contributed by atoms with Crippen LogP contribution >= 0.6 is 0 Å². The maximum absolute atomic E-state index is 13.6. The van der Waals surface area contributed by atoms with Crippen molar-refractivity contribution in [1.29, 1.82) is 0 Å². The quantitative estimate of drug-likeness (QED) is 0.872. The number of aliphatic hydroxyl groups excluding tert-OH is 1. The molecular weight excluding hydrogens is 290 g/mol. The molecule has 21 heavy (non-hydrogen) atoms. The van der Waals surface area contributed by atoms with E-state index in [1.54, 1.807) is 0 Å². The Bertz CT molecular complexity index is 538. The number of carbonyl (C=O) groups excluding carboxylic acids is 1. The van der Waals surface area contributed by atoms with Crippen LogP contribution in [0.4, 0.5) is 17.6 Å². The molecule has 1 amide bonds. The maximum atomic E-state index is 13.6. The number of hydrogen-bond donors (Lipinski definition) is 1. The Morgan fingerprint density at radius 1 is 1.38 bits per heavy atom. The Labute approximate surface area is 119 Å². The summed E-state index contributed by atoms with van der Waals surface area (Å²) in [6, 6.07) is 1.79. The van der Waals surface area contributed by atoms with Crippen LogP contribution in [0, 0.1) is 11.7 Å². The third kappa shape index (κ3) is 3.53. The first-order valence-corrected chi connectivity index (χ1v) is 6.48. The van der Waals surface area contributed by atoms with Gasteiger partial charge in [0.05, 0.1) is 17.2 Å². The minimum absolute atomic E-state index is 0.0998. The number of amides is 1. The second-order valence-electron chi connectivity index (χ2n) is 5.37. The van der Waals surface area contributed by atoms with Crippen LogP contribution in [-0.2, 0) is 6.18 Å². The zero-order chi connectivity index (χ0) is 15.8. The Hall–Kier alpha value is -1.63. The predicted molar refractivity (Wildman–Crippen MR) is 67.1 cm³/mol. The molecule has 0 aromatic heterocycles. The van der Waals surface area contributed by atoms with E-state index in [2.05, 4.69) is 0 Å². The van der Waals surface area contributed by atoms with Crippen molar-refractivity contribution in [3.8, 4) is 0 Å². The molecule has 1 aliphatic rings. The summed E-state index contributed by atoms with van der Waals surface area (Å²) < 4.78 is 51.4. The third-order valence-electron chi connectivity index (χ3n) is 3.61. The van der Waals surface area contributed by atoms with Crippen molar-refractivity contribution >= 4 is 5.91 Å². The minimum Gasteiger partial charge on any atom is -0.393 e. The molecule has 0 heterocycles. The maximum Gasteiger partial charge on any atom is 0.416 e. The molecule has 0 spiro atoms. The van der Waals surface area contributed by atoms with Crippen LogP contribution in [0.3, 0.4) is 0 Å². The van der Waals surface area contributed by atoms with E-state index < -0.39 is 29.0 Å². The van der Waals surface area contributed by atoms with E-state index in [1.165, 1.54) is 11.9 Å². The molecule has 116 valence electrons. The van der Waals surface area contributed by atoms with E-state index in [1.807, 2.05) is 0 Å². The van der Waals surface area contributed by atoms with Crippen molar-refractivity contribution in [2.75, 3.05) is 13.6 Å². The summed E-state index contributed by atoms with van der Waals surface area (Å²) in [5.41, 5.74) is -1.65. The highest BCUT2D eigenvalue weighted by Crippen LogP contribution is 2.31. The van der Waals surface area contributed by atoms with Gasteiger partial charge in [0.1, 0.15) is 5.82 Å². The van der Waals surface area contributed by atoms with Crippen molar-refractivity contribution in [3.05, 3.63) is 35.1 Å². The Morgan fingerprint density at radius 2 is 2.00 bits per heavy atom. The molecule has 1 aromatic rings. The fourth-order valence-corrected chi connectivity index (χ4v) is 2.39. The van der Waals surface area contributed by atoms with E-state index >= 15 is 0 Å². The van der Waals surface area contributed by atoms with Gasteiger partial charge in [-0.25, -0.2) is 4.39 Å². The lowest BCUT2D eigenvalue weighted by molar-refractivity contribution is -0.137. The van der Waals surface area contributed by atoms with E-state index in [0.717, 1.165) is 0 Å². The lowest BCUT2D eigenvalue weighted by Crippen LogP contribution is -2.39. The number of alkyl halides is 3. The van der Waals surface area contributed by atoms with Crippen LogP contribution in [0.15, 0.2) is 18.2 Å². The minimum atomic E-state index is -4.63. The molecule has 1 N–H and O–H groups in total. The fraction of sp³-hybridized carbons (Fsp3) is 0.500. The molecule has 0 radical (unpaired) electrons. The van der Waals surface area contributed by atoms with Gasteiger partial charge in [-0.1, -0.05) is 0 Å². The van der Waals surface area contributed by atoms with Crippen LogP contribution in [0.1, 0.15) is 28.8 Å². The molecule has 2 rings (SSSR count). The van der Waals surface area contributed by atoms with E-state index in [9.17, 15) is 22.4 Å². The van der Waals surface area contributed by atoms with Gasteiger partial charge in [-0.05, 0) is 37.0 Å². The van der Waals surface area contributed by atoms with Crippen LogP contribution in [0.25, 0.3) is 0 Å². The lowest BCUT2D eigenvalue weighted by atomic mass is 9.82. The summed E-state index contributed by atoms with van der Waals surface area (Å²) in [5.74, 6) is -1.67. The molecule has 0 aliphatic heterocycles. The average molecular weight is 305 g/mol. The van der Waals surface area contributed by atoms with Crippen molar-refractivity contribution in [1.82, 2.24) is 4.90 Å². The summed E-state index contributed by atoms with van der Waals surface area (Å²) >= 11 is 0. The smallest absolute Gasteiger partial charge is 0.393 e. The highest BCUT2D eigenvalue weighted by atomic mass is 19.4. The monoisotopic (exact) mass is 305 g/mol. The van der Waals surface area contributed by atoms with Crippen LogP contribution in [-0.4, -0.2) is 35.6 Å². The number of nitrogens with zero attached hydrogens (tertiary/aromatic N) is 1. The second kappa shape index (κ2) is 5.63. The zero-order valence-electron chi connectivity index (χ0n) is 11.3. The SMILES string of the molecule is CN(CC1CC(O)C1)C(=O)c1cc(C(F)(F)F)ccc1F. The second-order valence-corrected chi connectivity index (χ2v) is 5.37. The molecule has 0 bridgehead atoms. The normalized spacial score (nSPS) is 21.8.